The molecule has 0 aliphatic carbocycles. The lowest BCUT2D eigenvalue weighted by atomic mass is 9.99. The molecule has 0 saturated heterocycles. The molecule has 1 aliphatic rings. The number of amides is 1. The molecule has 43 heavy (non-hydrogen) atoms. The lowest BCUT2D eigenvalue weighted by molar-refractivity contribution is -0.134. The zero-order valence-corrected chi connectivity index (χ0v) is 26.3. The molecule has 4 aromatic rings. The summed E-state index contributed by atoms with van der Waals surface area (Å²) in [4.78, 5) is 26.8. The molecule has 228 valence electrons. The summed E-state index contributed by atoms with van der Waals surface area (Å²) in [5.74, 6) is -0.386. The quantitative estimate of drug-likeness (QED) is 0.216. The van der Waals surface area contributed by atoms with Crippen molar-refractivity contribution in [3.8, 4) is 0 Å². The third kappa shape index (κ3) is 6.79. The number of aryl methyl sites for hydroxylation is 3. The van der Waals surface area contributed by atoms with Gasteiger partial charge in [-0.25, -0.2) is 8.42 Å². The van der Waals surface area contributed by atoms with Crippen LogP contribution in [0.5, 0.6) is 0 Å². The molecular formula is C32H38N4O5S2. The number of nitrogens with one attached hydrogen (secondary N) is 2. The molecule has 0 unspecified atom stereocenters. The number of hydrogen-bond donors (Lipinski definition) is 2. The molecule has 0 saturated carbocycles. The van der Waals surface area contributed by atoms with E-state index in [9.17, 15) is 18.0 Å². The van der Waals surface area contributed by atoms with Gasteiger partial charge in [0.2, 0.25) is 10.0 Å². The van der Waals surface area contributed by atoms with Crippen molar-refractivity contribution in [1.82, 2.24) is 15.2 Å². The van der Waals surface area contributed by atoms with Crippen LogP contribution in [-0.4, -0.2) is 56.9 Å². The summed E-state index contributed by atoms with van der Waals surface area (Å²) < 4.78 is 34.7. The Morgan fingerprint density at radius 3 is 2.60 bits per heavy atom. The summed E-state index contributed by atoms with van der Waals surface area (Å²) in [6.45, 7) is 5.88. The first-order valence-electron chi connectivity index (χ1n) is 14.6. The van der Waals surface area contributed by atoms with E-state index in [0.29, 0.717) is 43.8 Å². The predicted octanol–water partition coefficient (Wildman–Crippen LogP) is 4.28. The fourth-order valence-corrected chi connectivity index (χ4v) is 7.61. The van der Waals surface area contributed by atoms with E-state index >= 15 is 0 Å². The number of sulfonamides is 1. The summed E-state index contributed by atoms with van der Waals surface area (Å²) in [5.41, 5.74) is 4.82. The maximum Gasteiger partial charge on any atom is 0.293 e. The van der Waals surface area contributed by atoms with Gasteiger partial charge in [-0.1, -0.05) is 44.2 Å². The van der Waals surface area contributed by atoms with Crippen LogP contribution in [-0.2, 0) is 51.9 Å². The molecule has 1 aliphatic heterocycles. The van der Waals surface area contributed by atoms with Gasteiger partial charge in [0.1, 0.15) is 6.10 Å². The first-order chi connectivity index (χ1) is 20.7. The summed E-state index contributed by atoms with van der Waals surface area (Å²) in [6, 6.07) is 14.8. The number of benzene rings is 2. The first-order valence-corrected chi connectivity index (χ1v) is 17.1. The number of aromatic nitrogens is 1. The maximum absolute atomic E-state index is 13.9. The Morgan fingerprint density at radius 1 is 1.12 bits per heavy atom. The van der Waals surface area contributed by atoms with Crippen molar-refractivity contribution in [2.24, 2.45) is 0 Å². The summed E-state index contributed by atoms with van der Waals surface area (Å²) in [7, 11) is -2.01. The fourth-order valence-electron chi connectivity index (χ4n) is 5.63. The molecule has 0 fully saturated rings. The number of rotatable bonds is 13. The Morgan fingerprint density at radius 2 is 1.91 bits per heavy atom. The van der Waals surface area contributed by atoms with E-state index in [0.717, 1.165) is 40.4 Å². The Labute approximate surface area is 256 Å². The van der Waals surface area contributed by atoms with Gasteiger partial charge >= 0.3 is 0 Å². The van der Waals surface area contributed by atoms with E-state index in [2.05, 4.69) is 29.0 Å². The Bertz CT molecular complexity index is 1700. The number of thiophene rings is 1. The van der Waals surface area contributed by atoms with Crippen LogP contribution in [0.4, 0.5) is 5.69 Å². The molecule has 5 rings (SSSR count). The SMILES string of the molecule is CCc1cc(CNC[C@@H](OC=O)[C@H](Cc2ccccc2)NC(=O)c2cc3c4c(c2)c(CC)cn4CCS(=O)(=O)N3C)cs1. The van der Waals surface area contributed by atoms with Crippen LogP contribution in [0.2, 0.25) is 0 Å². The van der Waals surface area contributed by atoms with Gasteiger partial charge in [0, 0.05) is 48.7 Å². The van der Waals surface area contributed by atoms with Crippen LogP contribution >= 0.6 is 11.3 Å². The average Bonchev–Trinajstić information content (AvgIpc) is 3.61. The zero-order valence-electron chi connectivity index (χ0n) is 24.7. The molecule has 3 heterocycles. The number of anilines is 1. The van der Waals surface area contributed by atoms with Crippen molar-refractivity contribution in [3.05, 3.63) is 87.2 Å². The first kappa shape index (κ1) is 30.8. The normalized spacial score (nSPS) is 15.6. The topological polar surface area (TPSA) is 110 Å². The van der Waals surface area contributed by atoms with Crippen LogP contribution < -0.4 is 14.9 Å². The fraction of sp³-hybridized carbons (Fsp3) is 0.375. The highest BCUT2D eigenvalue weighted by Crippen LogP contribution is 2.35. The van der Waals surface area contributed by atoms with Crippen molar-refractivity contribution >= 4 is 50.3 Å². The second kappa shape index (κ2) is 13.3. The largest absolute Gasteiger partial charge is 0.461 e. The van der Waals surface area contributed by atoms with Gasteiger partial charge in [0.25, 0.3) is 12.4 Å². The summed E-state index contributed by atoms with van der Waals surface area (Å²) >= 11 is 1.72. The standard InChI is InChI=1S/C32H38N4O5S2/c1-4-24-19-36-11-12-43(39,40)35(3)29-16-25(15-27(24)31(29)36)32(38)34-28(14-22-9-7-6-8-10-22)30(41-21-37)18-33-17-23-13-26(5-2)42-20-23/h6-10,13,15-16,19-21,28,30,33H,4-5,11-12,14,17-18H2,1-3H3,(H,34,38)/t28-,30+/m0/s1. The van der Waals surface area contributed by atoms with Gasteiger partial charge in [-0.3, -0.25) is 13.9 Å². The van der Waals surface area contributed by atoms with Crippen LogP contribution in [0.25, 0.3) is 10.9 Å². The molecule has 0 spiro atoms. The van der Waals surface area contributed by atoms with Gasteiger partial charge in [-0.2, -0.15) is 0 Å². The van der Waals surface area contributed by atoms with E-state index in [4.69, 9.17) is 4.74 Å². The number of hydrogen-bond acceptors (Lipinski definition) is 7. The van der Waals surface area contributed by atoms with E-state index in [1.165, 1.54) is 16.2 Å². The highest BCUT2D eigenvalue weighted by Gasteiger charge is 2.30. The molecule has 2 atom stereocenters. The third-order valence-corrected chi connectivity index (χ3v) is 10.9. The van der Waals surface area contributed by atoms with E-state index in [-0.39, 0.29) is 11.7 Å². The third-order valence-electron chi connectivity index (χ3n) is 8.05. The second-order valence-corrected chi connectivity index (χ2v) is 13.9. The molecule has 11 heteroatoms. The molecule has 2 aromatic heterocycles. The van der Waals surface area contributed by atoms with Crippen LogP contribution in [0.1, 0.15) is 45.8 Å². The number of nitrogens with zero attached hydrogens (tertiary/aromatic N) is 2. The Hall–Kier alpha value is -3.67. The molecule has 0 radical (unpaired) electrons. The molecule has 1 amide bonds. The van der Waals surface area contributed by atoms with E-state index in [1.54, 1.807) is 17.4 Å². The maximum atomic E-state index is 13.9. The number of carbonyl (C=O) groups excluding carboxylic acids is 2. The summed E-state index contributed by atoms with van der Waals surface area (Å²) in [5, 5.41) is 9.49. The molecule has 2 N–H and O–H groups in total. The summed E-state index contributed by atoms with van der Waals surface area (Å²) in [6.07, 6.45) is 3.49. The van der Waals surface area contributed by atoms with Gasteiger partial charge in [0.05, 0.1) is 23.0 Å². The van der Waals surface area contributed by atoms with Crippen molar-refractivity contribution in [1.29, 1.82) is 0 Å². The molecule has 9 nitrogen and oxygen atoms in total. The molecule has 2 aromatic carbocycles. The number of ether oxygens (including phenoxy) is 1. The zero-order chi connectivity index (χ0) is 30.6. The van der Waals surface area contributed by atoms with Crippen LogP contribution in [0.15, 0.2) is 60.1 Å². The van der Waals surface area contributed by atoms with Crippen molar-refractivity contribution in [3.63, 3.8) is 0 Å². The monoisotopic (exact) mass is 622 g/mol. The lowest BCUT2D eigenvalue weighted by Gasteiger charge is -2.27. The van der Waals surface area contributed by atoms with Crippen molar-refractivity contribution in [2.75, 3.05) is 23.7 Å². The predicted molar refractivity (Wildman–Crippen MR) is 171 cm³/mol. The van der Waals surface area contributed by atoms with Gasteiger partial charge in [-0.05, 0) is 59.5 Å². The van der Waals surface area contributed by atoms with Gasteiger partial charge in [-0.15, -0.1) is 11.3 Å². The minimum atomic E-state index is -3.55. The van der Waals surface area contributed by atoms with Gasteiger partial charge in [0.15, 0.2) is 0 Å². The number of carbonyl (C=O) groups is 2. The van der Waals surface area contributed by atoms with E-state index in [1.807, 2.05) is 54.1 Å². The molecular weight excluding hydrogens is 585 g/mol. The Kier molecular flexibility index (Phi) is 9.53. The highest BCUT2D eigenvalue weighted by molar-refractivity contribution is 7.92. The van der Waals surface area contributed by atoms with Crippen LogP contribution in [0, 0.1) is 0 Å². The van der Waals surface area contributed by atoms with Crippen molar-refractivity contribution < 1.29 is 22.7 Å². The second-order valence-electron chi connectivity index (χ2n) is 10.8. The lowest BCUT2D eigenvalue weighted by Crippen LogP contribution is -2.50. The highest BCUT2D eigenvalue weighted by atomic mass is 32.2. The minimum Gasteiger partial charge on any atom is -0.461 e. The Balaban J connectivity index is 1.45. The van der Waals surface area contributed by atoms with Gasteiger partial charge < -0.3 is 19.9 Å². The van der Waals surface area contributed by atoms with Crippen molar-refractivity contribution in [2.45, 2.75) is 58.3 Å². The van der Waals surface area contributed by atoms with E-state index < -0.39 is 22.2 Å². The minimum absolute atomic E-state index is 0.0192. The van der Waals surface area contributed by atoms with Crippen LogP contribution in [0.3, 0.4) is 0 Å². The molecule has 0 bridgehead atoms. The average molecular weight is 623 g/mol. The smallest absolute Gasteiger partial charge is 0.293 e.